The van der Waals surface area contributed by atoms with Crippen molar-refractivity contribution in [3.05, 3.63) is 29.3 Å². The van der Waals surface area contributed by atoms with Gasteiger partial charge in [0.05, 0.1) is 6.10 Å². The molecule has 0 aliphatic carbocycles. The van der Waals surface area contributed by atoms with E-state index >= 15 is 0 Å². The minimum atomic E-state index is 0.238. The summed E-state index contributed by atoms with van der Waals surface area (Å²) in [6.45, 7) is 12.0. The second-order valence-electron chi connectivity index (χ2n) is 5.85. The fraction of sp³-hybridized carbons (Fsp3) is 0.625. The third-order valence-electron chi connectivity index (χ3n) is 3.60. The van der Waals surface area contributed by atoms with Crippen LogP contribution in [0.25, 0.3) is 0 Å². The summed E-state index contributed by atoms with van der Waals surface area (Å²) in [5.74, 6) is 1.01. The lowest BCUT2D eigenvalue weighted by Crippen LogP contribution is -2.43. The number of nitrogens with zero attached hydrogens (tertiary/aromatic N) is 2. The lowest BCUT2D eigenvalue weighted by molar-refractivity contribution is 0.148. The molecule has 0 spiro atoms. The molecule has 0 aromatic heterocycles. The van der Waals surface area contributed by atoms with Crippen LogP contribution >= 0.6 is 0 Å². The monoisotopic (exact) mass is 262 g/mol. The van der Waals surface area contributed by atoms with Gasteiger partial charge in [-0.05, 0) is 45.0 Å². The van der Waals surface area contributed by atoms with Crippen LogP contribution < -0.4 is 4.74 Å². The predicted molar refractivity (Wildman–Crippen MR) is 79.7 cm³/mol. The summed E-state index contributed by atoms with van der Waals surface area (Å²) in [6, 6.07) is 6.57. The first kappa shape index (κ1) is 14.4. The van der Waals surface area contributed by atoms with Crippen molar-refractivity contribution in [2.24, 2.45) is 0 Å². The van der Waals surface area contributed by atoms with Gasteiger partial charge in [-0.25, -0.2) is 0 Å². The van der Waals surface area contributed by atoms with Gasteiger partial charge in [0.25, 0.3) is 0 Å². The lowest BCUT2D eigenvalue weighted by atomic mass is 10.1. The average Bonchev–Trinajstić information content (AvgIpc) is 2.35. The normalized spacial score (nSPS) is 17.9. The van der Waals surface area contributed by atoms with Gasteiger partial charge in [-0.15, -0.1) is 0 Å². The SMILES string of the molecule is Cc1cc(CN2CCN(C)CC2)ccc1OC(C)C. The molecule has 0 radical (unpaired) electrons. The van der Waals surface area contributed by atoms with Crippen molar-refractivity contribution in [2.45, 2.75) is 33.4 Å². The van der Waals surface area contributed by atoms with Crippen molar-refractivity contribution >= 4 is 0 Å². The predicted octanol–water partition coefficient (Wildman–Crippen LogP) is 2.53. The quantitative estimate of drug-likeness (QED) is 0.829. The Labute approximate surface area is 117 Å². The highest BCUT2D eigenvalue weighted by Gasteiger charge is 2.14. The number of hydrogen-bond acceptors (Lipinski definition) is 3. The Morgan fingerprint density at radius 2 is 1.84 bits per heavy atom. The van der Waals surface area contributed by atoms with Crippen LogP contribution in [0.1, 0.15) is 25.0 Å². The first-order valence-corrected chi connectivity index (χ1v) is 7.21. The molecule has 3 heteroatoms. The fourth-order valence-electron chi connectivity index (χ4n) is 2.46. The zero-order valence-electron chi connectivity index (χ0n) is 12.6. The summed E-state index contributed by atoms with van der Waals surface area (Å²) in [5.41, 5.74) is 2.62. The Bertz CT molecular complexity index is 409. The van der Waals surface area contributed by atoms with Gasteiger partial charge in [0.2, 0.25) is 0 Å². The lowest BCUT2D eigenvalue weighted by Gasteiger charge is -2.32. The molecule has 1 aliphatic heterocycles. The Balaban J connectivity index is 1.96. The average molecular weight is 262 g/mol. The van der Waals surface area contributed by atoms with Crippen molar-refractivity contribution in [1.82, 2.24) is 9.80 Å². The number of aryl methyl sites for hydroxylation is 1. The minimum Gasteiger partial charge on any atom is -0.491 e. The summed E-state index contributed by atoms with van der Waals surface area (Å²) < 4.78 is 5.78. The molecule has 0 unspecified atom stereocenters. The molecule has 1 saturated heterocycles. The molecule has 0 atom stereocenters. The number of piperazine rings is 1. The summed E-state index contributed by atoms with van der Waals surface area (Å²) in [5, 5.41) is 0. The van der Waals surface area contributed by atoms with Crippen LogP contribution in [0, 0.1) is 6.92 Å². The first-order valence-electron chi connectivity index (χ1n) is 7.21. The molecule has 0 saturated carbocycles. The Morgan fingerprint density at radius 3 is 2.42 bits per heavy atom. The third kappa shape index (κ3) is 4.22. The highest BCUT2D eigenvalue weighted by molar-refractivity contribution is 5.36. The van der Waals surface area contributed by atoms with Crippen molar-refractivity contribution in [3.63, 3.8) is 0 Å². The number of likely N-dealkylation sites (N-methyl/N-ethyl adjacent to an activating group) is 1. The molecule has 106 valence electrons. The molecule has 1 aromatic carbocycles. The smallest absolute Gasteiger partial charge is 0.122 e. The highest BCUT2D eigenvalue weighted by Crippen LogP contribution is 2.21. The van der Waals surface area contributed by atoms with Crippen LogP contribution in [-0.2, 0) is 6.54 Å². The Hall–Kier alpha value is -1.06. The number of ether oxygens (including phenoxy) is 1. The van der Waals surface area contributed by atoms with E-state index in [0.29, 0.717) is 0 Å². The maximum absolute atomic E-state index is 5.78. The van der Waals surface area contributed by atoms with Crippen LogP contribution in [0.5, 0.6) is 5.75 Å². The van der Waals surface area contributed by atoms with Gasteiger partial charge in [-0.2, -0.15) is 0 Å². The van der Waals surface area contributed by atoms with Crippen molar-refractivity contribution in [3.8, 4) is 5.75 Å². The molecular formula is C16H26N2O. The van der Waals surface area contributed by atoms with E-state index in [-0.39, 0.29) is 6.10 Å². The zero-order valence-corrected chi connectivity index (χ0v) is 12.6. The molecule has 3 nitrogen and oxygen atoms in total. The molecule has 1 heterocycles. The van der Waals surface area contributed by atoms with E-state index in [1.165, 1.54) is 37.3 Å². The van der Waals surface area contributed by atoms with E-state index in [1.54, 1.807) is 0 Å². The first-order chi connectivity index (χ1) is 9.04. The number of hydrogen-bond donors (Lipinski definition) is 0. The molecule has 19 heavy (non-hydrogen) atoms. The van der Waals surface area contributed by atoms with Gasteiger partial charge in [-0.1, -0.05) is 12.1 Å². The Kier molecular flexibility index (Phi) is 4.83. The molecule has 1 fully saturated rings. The third-order valence-corrected chi connectivity index (χ3v) is 3.60. The molecule has 0 N–H and O–H groups in total. The van der Waals surface area contributed by atoms with Gasteiger partial charge < -0.3 is 9.64 Å². The summed E-state index contributed by atoms with van der Waals surface area (Å²) in [4.78, 5) is 4.92. The molecule has 1 aliphatic rings. The molecule has 0 amide bonds. The Morgan fingerprint density at radius 1 is 1.16 bits per heavy atom. The topological polar surface area (TPSA) is 15.7 Å². The van der Waals surface area contributed by atoms with E-state index in [0.717, 1.165) is 12.3 Å². The number of benzene rings is 1. The molecule has 1 aromatic rings. The minimum absolute atomic E-state index is 0.238. The van der Waals surface area contributed by atoms with E-state index in [9.17, 15) is 0 Å². The molecular weight excluding hydrogens is 236 g/mol. The maximum Gasteiger partial charge on any atom is 0.122 e. The van der Waals surface area contributed by atoms with E-state index in [4.69, 9.17) is 4.74 Å². The van der Waals surface area contributed by atoms with Crippen LogP contribution in [0.4, 0.5) is 0 Å². The van der Waals surface area contributed by atoms with Gasteiger partial charge in [0, 0.05) is 32.7 Å². The zero-order chi connectivity index (χ0) is 13.8. The van der Waals surface area contributed by atoms with E-state index in [1.807, 2.05) is 0 Å². The van der Waals surface area contributed by atoms with Gasteiger partial charge in [0.15, 0.2) is 0 Å². The fourth-order valence-corrected chi connectivity index (χ4v) is 2.46. The summed E-state index contributed by atoms with van der Waals surface area (Å²) >= 11 is 0. The van der Waals surface area contributed by atoms with Crippen LogP contribution in [0.15, 0.2) is 18.2 Å². The molecule has 0 bridgehead atoms. The second-order valence-corrected chi connectivity index (χ2v) is 5.85. The largest absolute Gasteiger partial charge is 0.491 e. The highest BCUT2D eigenvalue weighted by atomic mass is 16.5. The van der Waals surface area contributed by atoms with Crippen molar-refractivity contribution < 1.29 is 4.74 Å². The van der Waals surface area contributed by atoms with Gasteiger partial charge >= 0.3 is 0 Å². The summed E-state index contributed by atoms with van der Waals surface area (Å²) in [6.07, 6.45) is 0.238. The standard InChI is InChI=1S/C16H26N2O/c1-13(2)19-16-6-5-15(11-14(16)3)12-18-9-7-17(4)8-10-18/h5-6,11,13H,7-10,12H2,1-4H3. The van der Waals surface area contributed by atoms with E-state index in [2.05, 4.69) is 55.8 Å². The number of rotatable bonds is 4. The van der Waals surface area contributed by atoms with Crippen molar-refractivity contribution in [1.29, 1.82) is 0 Å². The maximum atomic E-state index is 5.78. The molecule has 2 rings (SSSR count). The van der Waals surface area contributed by atoms with Crippen LogP contribution in [0.3, 0.4) is 0 Å². The van der Waals surface area contributed by atoms with Gasteiger partial charge in [0.1, 0.15) is 5.75 Å². The van der Waals surface area contributed by atoms with E-state index < -0.39 is 0 Å². The van der Waals surface area contributed by atoms with Crippen LogP contribution in [-0.4, -0.2) is 49.1 Å². The van der Waals surface area contributed by atoms with Gasteiger partial charge in [-0.3, -0.25) is 4.90 Å². The second kappa shape index (κ2) is 6.40. The van der Waals surface area contributed by atoms with Crippen molar-refractivity contribution in [2.75, 3.05) is 33.2 Å². The summed E-state index contributed by atoms with van der Waals surface area (Å²) in [7, 11) is 2.19. The van der Waals surface area contributed by atoms with Crippen LogP contribution in [0.2, 0.25) is 0 Å².